The third kappa shape index (κ3) is 4.31. The van der Waals surface area contributed by atoms with Gasteiger partial charge in [0.1, 0.15) is 23.8 Å². The summed E-state index contributed by atoms with van der Waals surface area (Å²) in [6.07, 6.45) is 2.93. The highest BCUT2D eigenvalue weighted by Gasteiger charge is 2.43. The smallest absolute Gasteiger partial charge is 0.138 e. The van der Waals surface area contributed by atoms with Crippen molar-refractivity contribution in [3.63, 3.8) is 0 Å². The highest BCUT2D eigenvalue weighted by Crippen LogP contribution is 2.33. The zero-order valence-corrected chi connectivity index (χ0v) is 13.3. The summed E-state index contributed by atoms with van der Waals surface area (Å²) >= 11 is 6.01. The number of nitrogens with one attached hydrogen (secondary N) is 1. The van der Waals surface area contributed by atoms with Gasteiger partial charge in [0.2, 0.25) is 0 Å². The molecule has 0 aliphatic heterocycles. The summed E-state index contributed by atoms with van der Waals surface area (Å²) in [7, 11) is 0. The predicted octanol–water partition coefficient (Wildman–Crippen LogP) is 3.79. The monoisotopic (exact) mass is 315 g/mol. The predicted molar refractivity (Wildman–Crippen MR) is 82.6 cm³/mol. The number of hydrogen-bond acceptors (Lipinski definition) is 3. The molecule has 2 rings (SSSR count). The number of hydrogen-bond donors (Lipinski definition) is 1. The van der Waals surface area contributed by atoms with Crippen molar-refractivity contribution in [1.29, 1.82) is 0 Å². The van der Waals surface area contributed by atoms with Crippen LogP contribution >= 0.6 is 11.6 Å². The topological polar surface area (TPSA) is 30.5 Å². The van der Waals surface area contributed by atoms with Gasteiger partial charge in [-0.15, -0.1) is 0 Å². The average Bonchev–Trinajstić information content (AvgIpc) is 2.44. The molecule has 1 aromatic rings. The molecule has 118 valence electrons. The Hall–Kier alpha value is -0.840. The standard InChI is InChI=1S/C16H23ClFNO2/c1-3-7-19-13-10-15(16(13)20-8-4-2)21-14-6-5-11(18)9-12(14)17/h5-6,9,13,15-16,19H,3-4,7-8,10H2,1-2H3. The molecule has 0 aromatic heterocycles. The van der Waals surface area contributed by atoms with Crippen molar-refractivity contribution in [3.8, 4) is 5.75 Å². The van der Waals surface area contributed by atoms with E-state index in [-0.39, 0.29) is 18.0 Å². The Morgan fingerprint density at radius 1 is 1.33 bits per heavy atom. The van der Waals surface area contributed by atoms with E-state index < -0.39 is 0 Å². The van der Waals surface area contributed by atoms with Crippen molar-refractivity contribution in [2.24, 2.45) is 0 Å². The molecule has 0 heterocycles. The minimum atomic E-state index is -0.359. The highest BCUT2D eigenvalue weighted by molar-refractivity contribution is 6.32. The summed E-state index contributed by atoms with van der Waals surface area (Å²) in [5, 5.41) is 3.77. The van der Waals surface area contributed by atoms with Crippen LogP contribution in [0.1, 0.15) is 33.1 Å². The largest absolute Gasteiger partial charge is 0.486 e. The number of benzene rings is 1. The molecule has 5 heteroatoms. The van der Waals surface area contributed by atoms with Crippen LogP contribution in [0.5, 0.6) is 5.75 Å². The average molecular weight is 316 g/mol. The maximum atomic E-state index is 13.1. The van der Waals surface area contributed by atoms with Gasteiger partial charge in [-0.3, -0.25) is 0 Å². The molecule has 0 saturated heterocycles. The van der Waals surface area contributed by atoms with Gasteiger partial charge >= 0.3 is 0 Å². The van der Waals surface area contributed by atoms with Crippen LogP contribution in [0.2, 0.25) is 5.02 Å². The van der Waals surface area contributed by atoms with Crippen molar-refractivity contribution >= 4 is 11.6 Å². The van der Waals surface area contributed by atoms with Gasteiger partial charge in [0.05, 0.1) is 5.02 Å². The molecule has 3 nitrogen and oxygen atoms in total. The molecule has 1 N–H and O–H groups in total. The van der Waals surface area contributed by atoms with Gasteiger partial charge in [-0.25, -0.2) is 4.39 Å². The van der Waals surface area contributed by atoms with Gasteiger partial charge in [0.15, 0.2) is 0 Å². The Morgan fingerprint density at radius 3 is 2.81 bits per heavy atom. The summed E-state index contributed by atoms with van der Waals surface area (Å²) < 4.78 is 24.8. The Bertz CT molecular complexity index is 458. The van der Waals surface area contributed by atoms with E-state index in [1.54, 1.807) is 6.07 Å². The first-order valence-corrected chi connectivity index (χ1v) is 8.00. The molecule has 0 spiro atoms. The number of rotatable bonds is 8. The minimum absolute atomic E-state index is 0.0256. The Morgan fingerprint density at radius 2 is 2.14 bits per heavy atom. The lowest BCUT2D eigenvalue weighted by Gasteiger charge is -2.44. The van der Waals surface area contributed by atoms with E-state index in [4.69, 9.17) is 21.1 Å². The zero-order chi connectivity index (χ0) is 15.2. The molecule has 3 atom stereocenters. The van der Waals surface area contributed by atoms with E-state index >= 15 is 0 Å². The SMILES string of the molecule is CCCNC1CC(Oc2ccc(F)cc2Cl)C1OCCC. The van der Waals surface area contributed by atoms with Gasteiger partial charge in [0, 0.05) is 19.1 Å². The van der Waals surface area contributed by atoms with Crippen molar-refractivity contribution < 1.29 is 13.9 Å². The van der Waals surface area contributed by atoms with Crippen LogP contribution in [0.4, 0.5) is 4.39 Å². The van der Waals surface area contributed by atoms with Crippen LogP contribution in [0.25, 0.3) is 0 Å². The van der Waals surface area contributed by atoms with Crippen molar-refractivity contribution in [2.75, 3.05) is 13.2 Å². The van der Waals surface area contributed by atoms with Crippen LogP contribution in [-0.2, 0) is 4.74 Å². The van der Waals surface area contributed by atoms with Gasteiger partial charge in [0.25, 0.3) is 0 Å². The second kappa shape index (κ2) is 7.97. The molecule has 0 bridgehead atoms. The lowest BCUT2D eigenvalue weighted by Crippen LogP contribution is -2.61. The van der Waals surface area contributed by atoms with Gasteiger partial charge < -0.3 is 14.8 Å². The van der Waals surface area contributed by atoms with E-state index in [0.29, 0.717) is 23.4 Å². The van der Waals surface area contributed by atoms with Crippen LogP contribution in [-0.4, -0.2) is 31.4 Å². The normalized spacial score (nSPS) is 24.7. The zero-order valence-electron chi connectivity index (χ0n) is 12.6. The first-order chi connectivity index (χ1) is 10.2. The summed E-state index contributed by atoms with van der Waals surface area (Å²) in [5.41, 5.74) is 0. The number of ether oxygens (including phenoxy) is 2. The summed E-state index contributed by atoms with van der Waals surface area (Å²) in [6, 6.07) is 4.51. The van der Waals surface area contributed by atoms with E-state index in [1.165, 1.54) is 12.1 Å². The van der Waals surface area contributed by atoms with Crippen LogP contribution < -0.4 is 10.1 Å². The Balaban J connectivity index is 1.95. The van der Waals surface area contributed by atoms with Crippen molar-refractivity contribution in [3.05, 3.63) is 29.0 Å². The molecule has 0 amide bonds. The highest BCUT2D eigenvalue weighted by atomic mass is 35.5. The van der Waals surface area contributed by atoms with E-state index in [0.717, 1.165) is 25.8 Å². The lowest BCUT2D eigenvalue weighted by molar-refractivity contribution is -0.107. The molecule has 1 fully saturated rings. The molecule has 0 radical (unpaired) electrons. The van der Waals surface area contributed by atoms with Crippen LogP contribution in [0, 0.1) is 5.82 Å². The van der Waals surface area contributed by atoms with Crippen molar-refractivity contribution in [2.45, 2.75) is 51.4 Å². The fourth-order valence-corrected chi connectivity index (χ4v) is 2.65. The molecule has 1 saturated carbocycles. The maximum Gasteiger partial charge on any atom is 0.138 e. The lowest BCUT2D eigenvalue weighted by atomic mass is 9.85. The third-order valence-corrected chi connectivity index (χ3v) is 3.89. The van der Waals surface area contributed by atoms with Gasteiger partial charge in [-0.2, -0.15) is 0 Å². The van der Waals surface area contributed by atoms with Gasteiger partial charge in [-0.1, -0.05) is 25.4 Å². The minimum Gasteiger partial charge on any atom is -0.486 e. The molecular weight excluding hydrogens is 293 g/mol. The molecule has 1 aromatic carbocycles. The second-order valence-electron chi connectivity index (χ2n) is 5.36. The van der Waals surface area contributed by atoms with Crippen LogP contribution in [0.15, 0.2) is 18.2 Å². The summed E-state index contributed by atoms with van der Waals surface area (Å²) in [4.78, 5) is 0. The van der Waals surface area contributed by atoms with Crippen molar-refractivity contribution in [1.82, 2.24) is 5.32 Å². The first-order valence-electron chi connectivity index (χ1n) is 7.62. The third-order valence-electron chi connectivity index (χ3n) is 3.59. The quantitative estimate of drug-likeness (QED) is 0.791. The number of halogens is 2. The summed E-state index contributed by atoms with van der Waals surface area (Å²) in [6.45, 7) is 5.91. The fraction of sp³-hybridized carbons (Fsp3) is 0.625. The van der Waals surface area contributed by atoms with E-state index in [9.17, 15) is 4.39 Å². The molecular formula is C16H23ClFNO2. The molecule has 1 aliphatic carbocycles. The first kappa shape index (κ1) is 16.5. The Kier molecular flexibility index (Phi) is 6.27. The summed E-state index contributed by atoms with van der Waals surface area (Å²) in [5.74, 6) is 0.157. The van der Waals surface area contributed by atoms with E-state index in [1.807, 2.05) is 0 Å². The fourth-order valence-electron chi connectivity index (χ4n) is 2.44. The maximum absolute atomic E-state index is 13.1. The molecule has 3 unspecified atom stereocenters. The molecule has 21 heavy (non-hydrogen) atoms. The van der Waals surface area contributed by atoms with E-state index in [2.05, 4.69) is 19.2 Å². The second-order valence-corrected chi connectivity index (χ2v) is 5.77. The Labute approximate surface area is 130 Å². The van der Waals surface area contributed by atoms with Gasteiger partial charge in [-0.05, 0) is 37.6 Å². The van der Waals surface area contributed by atoms with Crippen LogP contribution in [0.3, 0.4) is 0 Å². The molecule has 1 aliphatic rings.